The molecule has 148 valence electrons. The molecule has 2 N–H and O–H groups in total. The summed E-state index contributed by atoms with van der Waals surface area (Å²) in [7, 11) is 0. The Bertz CT molecular complexity index is 751. The standard InChI is InChI=1S/C16H19F3N4O2S2/c1-9(2)8-20-13(24)10(3)26-15-23-22-14(27-15)21-11-4-6-12(7-5-11)25-16(17,18)19/h4-7,9-10H,8H2,1-3H3,(H,20,24)(H,21,22). The number of hydrogen-bond donors (Lipinski definition) is 2. The summed E-state index contributed by atoms with van der Waals surface area (Å²) in [4.78, 5) is 12.0. The number of thioether (sulfide) groups is 1. The van der Waals surface area contributed by atoms with Crippen LogP contribution in [-0.2, 0) is 4.79 Å². The number of ether oxygens (including phenoxy) is 1. The second-order valence-electron chi connectivity index (χ2n) is 5.97. The summed E-state index contributed by atoms with van der Waals surface area (Å²) in [6.07, 6.45) is -4.72. The number of carbonyl (C=O) groups excluding carboxylic acids is 1. The van der Waals surface area contributed by atoms with Gasteiger partial charge in [-0.1, -0.05) is 36.9 Å². The number of nitrogens with one attached hydrogen (secondary N) is 2. The first kappa shape index (κ1) is 21.3. The van der Waals surface area contributed by atoms with Gasteiger partial charge in [-0.3, -0.25) is 4.79 Å². The maximum absolute atomic E-state index is 12.2. The lowest BCUT2D eigenvalue weighted by Gasteiger charge is -2.11. The van der Waals surface area contributed by atoms with Crippen LogP contribution in [0.2, 0.25) is 0 Å². The molecule has 1 atom stereocenters. The lowest BCUT2D eigenvalue weighted by atomic mass is 10.2. The molecule has 0 saturated carbocycles. The molecule has 0 aliphatic heterocycles. The number of benzene rings is 1. The number of nitrogens with zero attached hydrogens (tertiary/aromatic N) is 2. The van der Waals surface area contributed by atoms with Crippen LogP contribution in [0.3, 0.4) is 0 Å². The zero-order valence-corrected chi connectivity index (χ0v) is 16.5. The van der Waals surface area contributed by atoms with E-state index in [-0.39, 0.29) is 16.9 Å². The minimum Gasteiger partial charge on any atom is -0.406 e. The van der Waals surface area contributed by atoms with E-state index in [1.54, 1.807) is 6.92 Å². The van der Waals surface area contributed by atoms with Crippen LogP contribution in [0.15, 0.2) is 28.6 Å². The second-order valence-corrected chi connectivity index (χ2v) is 8.53. The highest BCUT2D eigenvalue weighted by Gasteiger charge is 2.30. The minimum atomic E-state index is -4.72. The molecule has 1 heterocycles. The number of anilines is 2. The Morgan fingerprint density at radius 1 is 1.22 bits per heavy atom. The third-order valence-electron chi connectivity index (χ3n) is 3.08. The number of hydrogen-bond acceptors (Lipinski definition) is 7. The fraction of sp³-hybridized carbons (Fsp3) is 0.438. The molecule has 1 aromatic heterocycles. The SMILES string of the molecule is CC(C)CNC(=O)C(C)Sc1nnc(Nc2ccc(OC(F)(F)F)cc2)s1. The average molecular weight is 420 g/mol. The monoisotopic (exact) mass is 420 g/mol. The first-order valence-corrected chi connectivity index (χ1v) is 9.72. The molecule has 27 heavy (non-hydrogen) atoms. The molecule has 1 aromatic carbocycles. The number of halogens is 3. The van der Waals surface area contributed by atoms with Crippen LogP contribution < -0.4 is 15.4 Å². The van der Waals surface area contributed by atoms with Gasteiger partial charge in [-0.2, -0.15) is 0 Å². The molecule has 2 rings (SSSR count). The van der Waals surface area contributed by atoms with E-state index < -0.39 is 6.36 Å². The summed E-state index contributed by atoms with van der Waals surface area (Å²) in [6.45, 7) is 6.43. The van der Waals surface area contributed by atoms with Gasteiger partial charge in [0.2, 0.25) is 11.0 Å². The normalized spacial score (nSPS) is 12.7. The summed E-state index contributed by atoms with van der Waals surface area (Å²) >= 11 is 2.54. The molecule has 6 nitrogen and oxygen atoms in total. The number of aromatic nitrogens is 2. The number of rotatable bonds is 8. The Kier molecular flexibility index (Phi) is 7.31. The van der Waals surface area contributed by atoms with Gasteiger partial charge < -0.3 is 15.4 Å². The number of amides is 1. The first-order chi connectivity index (χ1) is 12.6. The maximum atomic E-state index is 12.2. The third kappa shape index (κ3) is 7.63. The molecule has 1 amide bonds. The van der Waals surface area contributed by atoms with Crippen LogP contribution in [0.5, 0.6) is 5.75 Å². The molecule has 0 saturated heterocycles. The lowest BCUT2D eigenvalue weighted by molar-refractivity contribution is -0.274. The summed E-state index contributed by atoms with van der Waals surface area (Å²) in [5.41, 5.74) is 0.542. The fourth-order valence-corrected chi connectivity index (χ4v) is 3.77. The van der Waals surface area contributed by atoms with Gasteiger partial charge in [0.05, 0.1) is 5.25 Å². The minimum absolute atomic E-state index is 0.0707. The highest BCUT2D eigenvalue weighted by atomic mass is 32.2. The van der Waals surface area contributed by atoms with E-state index in [0.29, 0.717) is 27.6 Å². The van der Waals surface area contributed by atoms with E-state index in [2.05, 4.69) is 25.6 Å². The van der Waals surface area contributed by atoms with Gasteiger partial charge in [0.1, 0.15) is 5.75 Å². The molecule has 0 bridgehead atoms. The van der Waals surface area contributed by atoms with Crippen molar-refractivity contribution in [3.63, 3.8) is 0 Å². The molecular formula is C16H19F3N4O2S2. The first-order valence-electron chi connectivity index (χ1n) is 8.03. The molecule has 0 fully saturated rings. The maximum Gasteiger partial charge on any atom is 0.573 e. The highest BCUT2D eigenvalue weighted by molar-refractivity contribution is 8.02. The van der Waals surface area contributed by atoms with Crippen molar-refractivity contribution >= 4 is 39.8 Å². The Labute approximate surface area is 162 Å². The topological polar surface area (TPSA) is 76.1 Å². The predicted octanol–water partition coefficient (Wildman–Crippen LogP) is 4.43. The summed E-state index contributed by atoms with van der Waals surface area (Å²) in [5, 5.41) is 13.9. The van der Waals surface area contributed by atoms with Crippen LogP contribution in [-0.4, -0.2) is 34.3 Å². The van der Waals surface area contributed by atoms with Gasteiger partial charge in [0.15, 0.2) is 4.34 Å². The third-order valence-corrected chi connectivity index (χ3v) is 5.10. The van der Waals surface area contributed by atoms with E-state index in [4.69, 9.17) is 0 Å². The molecule has 0 aliphatic carbocycles. The Morgan fingerprint density at radius 3 is 2.48 bits per heavy atom. The van der Waals surface area contributed by atoms with Crippen molar-refractivity contribution < 1.29 is 22.7 Å². The van der Waals surface area contributed by atoms with Crippen molar-refractivity contribution in [3.05, 3.63) is 24.3 Å². The lowest BCUT2D eigenvalue weighted by Crippen LogP contribution is -2.33. The van der Waals surface area contributed by atoms with Crippen molar-refractivity contribution in [1.29, 1.82) is 0 Å². The molecule has 2 aromatic rings. The van der Waals surface area contributed by atoms with Gasteiger partial charge >= 0.3 is 6.36 Å². The van der Waals surface area contributed by atoms with Crippen molar-refractivity contribution in [3.8, 4) is 5.75 Å². The molecule has 0 aliphatic rings. The largest absolute Gasteiger partial charge is 0.573 e. The zero-order chi connectivity index (χ0) is 20.0. The van der Waals surface area contributed by atoms with Gasteiger partial charge in [-0.25, -0.2) is 0 Å². The van der Waals surface area contributed by atoms with Crippen molar-refractivity contribution in [2.75, 3.05) is 11.9 Å². The van der Waals surface area contributed by atoms with Crippen molar-refractivity contribution in [2.45, 2.75) is 36.7 Å². The molecule has 0 radical (unpaired) electrons. The average Bonchev–Trinajstić information content (AvgIpc) is 3.00. The van der Waals surface area contributed by atoms with E-state index in [9.17, 15) is 18.0 Å². The molecular weight excluding hydrogens is 401 g/mol. The van der Waals surface area contributed by atoms with E-state index in [1.807, 2.05) is 13.8 Å². The quantitative estimate of drug-likeness (QED) is 0.615. The van der Waals surface area contributed by atoms with E-state index in [0.717, 1.165) is 0 Å². The van der Waals surface area contributed by atoms with Crippen LogP contribution >= 0.6 is 23.1 Å². The fourth-order valence-electron chi connectivity index (χ4n) is 1.82. The van der Waals surface area contributed by atoms with Gasteiger partial charge in [0, 0.05) is 12.2 Å². The molecule has 1 unspecified atom stereocenters. The Balaban J connectivity index is 1.89. The van der Waals surface area contributed by atoms with Crippen molar-refractivity contribution in [1.82, 2.24) is 15.5 Å². The van der Waals surface area contributed by atoms with Crippen LogP contribution in [0.4, 0.5) is 24.0 Å². The van der Waals surface area contributed by atoms with Crippen LogP contribution in [0, 0.1) is 5.92 Å². The molecule has 0 spiro atoms. The van der Waals surface area contributed by atoms with Crippen LogP contribution in [0.25, 0.3) is 0 Å². The predicted molar refractivity (Wildman–Crippen MR) is 99.5 cm³/mol. The number of carbonyl (C=O) groups is 1. The second kappa shape index (κ2) is 9.27. The highest BCUT2D eigenvalue weighted by Crippen LogP contribution is 2.31. The van der Waals surface area contributed by atoms with E-state index >= 15 is 0 Å². The summed E-state index contributed by atoms with van der Waals surface area (Å²) < 4.78 is 40.9. The molecule has 11 heteroatoms. The Morgan fingerprint density at radius 2 is 1.89 bits per heavy atom. The zero-order valence-electron chi connectivity index (χ0n) is 14.8. The number of alkyl halides is 3. The van der Waals surface area contributed by atoms with Gasteiger partial charge in [-0.15, -0.1) is 23.4 Å². The van der Waals surface area contributed by atoms with Crippen molar-refractivity contribution in [2.24, 2.45) is 5.92 Å². The Hall–Kier alpha value is -2.01. The summed E-state index contributed by atoms with van der Waals surface area (Å²) in [5.74, 6) is -0.00198. The smallest absolute Gasteiger partial charge is 0.406 e. The van der Waals surface area contributed by atoms with Crippen LogP contribution in [0.1, 0.15) is 20.8 Å². The van der Waals surface area contributed by atoms with Gasteiger partial charge in [0.25, 0.3) is 0 Å². The van der Waals surface area contributed by atoms with Gasteiger partial charge in [-0.05, 0) is 37.1 Å². The van der Waals surface area contributed by atoms with E-state index in [1.165, 1.54) is 47.4 Å². The summed E-state index contributed by atoms with van der Waals surface area (Å²) in [6, 6.07) is 5.29.